The second-order valence-electron chi connectivity index (χ2n) is 5.02. The molecule has 0 radical (unpaired) electrons. The summed E-state index contributed by atoms with van der Waals surface area (Å²) in [5.41, 5.74) is 6.46. The van der Waals surface area contributed by atoms with Crippen molar-refractivity contribution in [3.8, 4) is 0 Å². The molecule has 1 atom stereocenters. The molecule has 102 valence electrons. The van der Waals surface area contributed by atoms with Gasteiger partial charge in [-0.05, 0) is 31.9 Å². The van der Waals surface area contributed by atoms with Gasteiger partial charge in [-0.15, -0.1) is 0 Å². The standard InChI is InChI=1S/C14H17FN2OS/c1-9(18)7-10-3-4-12(15)11(8-10)14(2)5-6-19-13(16)17-14/h3-4,8H,5-7H2,1-2H3,(H2,16,17). The highest BCUT2D eigenvalue weighted by atomic mass is 32.2. The Kier molecular flexibility index (Phi) is 3.94. The minimum Gasteiger partial charge on any atom is -0.379 e. The maximum atomic E-state index is 14.1. The van der Waals surface area contributed by atoms with E-state index in [2.05, 4.69) is 4.99 Å². The van der Waals surface area contributed by atoms with Gasteiger partial charge in [-0.25, -0.2) is 4.39 Å². The van der Waals surface area contributed by atoms with Crippen LogP contribution in [0.2, 0.25) is 0 Å². The largest absolute Gasteiger partial charge is 0.379 e. The van der Waals surface area contributed by atoms with E-state index in [9.17, 15) is 9.18 Å². The number of carbonyl (C=O) groups excluding carboxylic acids is 1. The van der Waals surface area contributed by atoms with Crippen LogP contribution in [-0.4, -0.2) is 16.7 Å². The first-order valence-corrected chi connectivity index (χ1v) is 7.16. The monoisotopic (exact) mass is 280 g/mol. The third-order valence-corrected chi connectivity index (χ3v) is 4.06. The van der Waals surface area contributed by atoms with Crippen LogP contribution < -0.4 is 5.73 Å². The van der Waals surface area contributed by atoms with E-state index in [1.165, 1.54) is 24.8 Å². The van der Waals surface area contributed by atoms with Crippen molar-refractivity contribution in [2.75, 3.05) is 5.75 Å². The number of ketones is 1. The van der Waals surface area contributed by atoms with E-state index < -0.39 is 5.54 Å². The Morgan fingerprint density at radius 3 is 2.95 bits per heavy atom. The predicted octanol–water partition coefficient (Wildman–Crippen LogP) is 2.62. The van der Waals surface area contributed by atoms with Crippen LogP contribution >= 0.6 is 11.8 Å². The van der Waals surface area contributed by atoms with Crippen LogP contribution in [0.5, 0.6) is 0 Å². The number of amidine groups is 1. The Balaban J connectivity index is 2.43. The summed E-state index contributed by atoms with van der Waals surface area (Å²) in [6.07, 6.45) is 1.05. The fourth-order valence-electron chi connectivity index (χ4n) is 2.26. The van der Waals surface area contributed by atoms with Gasteiger partial charge in [-0.1, -0.05) is 23.9 Å². The SMILES string of the molecule is CC(=O)Cc1ccc(F)c(C2(C)CCSC(N)=N2)c1. The number of halogens is 1. The first kappa shape index (κ1) is 14.1. The van der Waals surface area contributed by atoms with E-state index in [1.54, 1.807) is 12.1 Å². The van der Waals surface area contributed by atoms with Gasteiger partial charge < -0.3 is 5.73 Å². The van der Waals surface area contributed by atoms with Crippen LogP contribution in [0.3, 0.4) is 0 Å². The molecule has 0 amide bonds. The maximum Gasteiger partial charge on any atom is 0.154 e. The molecule has 2 rings (SSSR count). The summed E-state index contributed by atoms with van der Waals surface area (Å²) in [4.78, 5) is 15.6. The highest BCUT2D eigenvalue weighted by Crippen LogP contribution is 2.36. The lowest BCUT2D eigenvalue weighted by Crippen LogP contribution is -2.29. The van der Waals surface area contributed by atoms with Crippen molar-refractivity contribution in [1.82, 2.24) is 0 Å². The van der Waals surface area contributed by atoms with E-state index in [4.69, 9.17) is 5.73 Å². The first-order valence-electron chi connectivity index (χ1n) is 6.17. The van der Waals surface area contributed by atoms with Crippen molar-refractivity contribution in [2.24, 2.45) is 10.7 Å². The summed E-state index contributed by atoms with van der Waals surface area (Å²) in [6, 6.07) is 4.80. The van der Waals surface area contributed by atoms with Gasteiger partial charge in [0.05, 0.1) is 5.54 Å². The number of hydrogen-bond acceptors (Lipinski definition) is 4. The number of aliphatic imine (C=N–C) groups is 1. The Labute approximate surface area is 116 Å². The summed E-state index contributed by atoms with van der Waals surface area (Å²) >= 11 is 1.49. The fraction of sp³-hybridized carbons (Fsp3) is 0.429. The predicted molar refractivity (Wildman–Crippen MR) is 76.8 cm³/mol. The van der Waals surface area contributed by atoms with Crippen LogP contribution in [0.25, 0.3) is 0 Å². The minimum absolute atomic E-state index is 0.0601. The molecule has 5 heteroatoms. The van der Waals surface area contributed by atoms with Gasteiger partial charge >= 0.3 is 0 Å². The van der Waals surface area contributed by atoms with Crippen LogP contribution in [0.1, 0.15) is 31.4 Å². The molecule has 0 spiro atoms. The van der Waals surface area contributed by atoms with Crippen LogP contribution in [-0.2, 0) is 16.8 Å². The van der Waals surface area contributed by atoms with Crippen molar-refractivity contribution in [3.63, 3.8) is 0 Å². The number of carbonyl (C=O) groups is 1. The third-order valence-electron chi connectivity index (χ3n) is 3.26. The lowest BCUT2D eigenvalue weighted by atomic mass is 9.87. The molecule has 1 heterocycles. The van der Waals surface area contributed by atoms with Crippen LogP contribution in [0, 0.1) is 5.82 Å². The Hall–Kier alpha value is -1.36. The topological polar surface area (TPSA) is 55.5 Å². The molecule has 1 aliphatic rings. The lowest BCUT2D eigenvalue weighted by molar-refractivity contribution is -0.116. The fourth-order valence-corrected chi connectivity index (χ4v) is 3.24. The number of rotatable bonds is 3. The summed E-state index contributed by atoms with van der Waals surface area (Å²) in [5, 5.41) is 0.491. The second-order valence-corrected chi connectivity index (χ2v) is 6.13. The molecule has 1 aromatic rings. The van der Waals surface area contributed by atoms with Gasteiger partial charge in [-0.3, -0.25) is 9.79 Å². The molecular weight excluding hydrogens is 263 g/mol. The van der Waals surface area contributed by atoms with Crippen molar-refractivity contribution in [1.29, 1.82) is 0 Å². The summed E-state index contributed by atoms with van der Waals surface area (Å²) in [6.45, 7) is 3.41. The van der Waals surface area contributed by atoms with Crippen molar-refractivity contribution in [3.05, 3.63) is 35.1 Å². The zero-order valence-corrected chi connectivity index (χ0v) is 11.9. The van der Waals surface area contributed by atoms with Crippen LogP contribution in [0.15, 0.2) is 23.2 Å². The number of thioether (sulfide) groups is 1. The molecule has 1 aromatic carbocycles. The highest BCUT2D eigenvalue weighted by Gasteiger charge is 2.32. The molecule has 1 aliphatic heterocycles. The van der Waals surface area contributed by atoms with E-state index in [1.807, 2.05) is 6.92 Å². The second kappa shape index (κ2) is 5.33. The maximum absolute atomic E-state index is 14.1. The third kappa shape index (κ3) is 3.15. The smallest absolute Gasteiger partial charge is 0.154 e. The van der Waals surface area contributed by atoms with E-state index >= 15 is 0 Å². The van der Waals surface area contributed by atoms with Gasteiger partial charge in [0, 0.05) is 17.7 Å². The summed E-state index contributed by atoms with van der Waals surface area (Å²) in [5.74, 6) is 0.588. The van der Waals surface area contributed by atoms with E-state index in [0.717, 1.165) is 17.7 Å². The molecule has 0 aromatic heterocycles. The van der Waals surface area contributed by atoms with Gasteiger partial charge in [0.25, 0.3) is 0 Å². The van der Waals surface area contributed by atoms with Crippen molar-refractivity contribution >= 4 is 22.7 Å². The van der Waals surface area contributed by atoms with Crippen LogP contribution in [0.4, 0.5) is 4.39 Å². The van der Waals surface area contributed by atoms with Crippen molar-refractivity contribution < 1.29 is 9.18 Å². The molecule has 0 fully saturated rings. The first-order chi connectivity index (χ1) is 8.90. The highest BCUT2D eigenvalue weighted by molar-refractivity contribution is 8.13. The number of nitrogens with zero attached hydrogens (tertiary/aromatic N) is 1. The number of nitrogens with two attached hydrogens (primary N) is 1. The van der Waals surface area contributed by atoms with Gasteiger partial charge in [0.1, 0.15) is 11.6 Å². The average molecular weight is 280 g/mol. The van der Waals surface area contributed by atoms with Gasteiger partial charge in [0.15, 0.2) is 5.17 Å². The molecule has 19 heavy (non-hydrogen) atoms. The van der Waals surface area contributed by atoms with Crippen molar-refractivity contribution in [2.45, 2.75) is 32.2 Å². The normalized spacial score (nSPS) is 23.0. The van der Waals surface area contributed by atoms with Gasteiger partial charge in [0.2, 0.25) is 0 Å². The molecule has 2 N–H and O–H groups in total. The Morgan fingerprint density at radius 2 is 2.32 bits per heavy atom. The number of hydrogen-bond donors (Lipinski definition) is 1. The quantitative estimate of drug-likeness (QED) is 0.926. The molecule has 0 bridgehead atoms. The molecule has 1 unspecified atom stereocenters. The molecule has 0 aliphatic carbocycles. The number of benzene rings is 1. The van der Waals surface area contributed by atoms with Gasteiger partial charge in [-0.2, -0.15) is 0 Å². The molecule has 3 nitrogen and oxygen atoms in total. The van der Waals surface area contributed by atoms with E-state index in [0.29, 0.717) is 17.2 Å². The molecule has 0 saturated heterocycles. The minimum atomic E-state index is -0.633. The van der Waals surface area contributed by atoms with E-state index in [-0.39, 0.29) is 11.6 Å². The summed E-state index contributed by atoms with van der Waals surface area (Å²) in [7, 11) is 0. The Morgan fingerprint density at radius 1 is 1.58 bits per heavy atom. The lowest BCUT2D eigenvalue weighted by Gasteiger charge is -2.30. The zero-order valence-electron chi connectivity index (χ0n) is 11.1. The molecular formula is C14H17FN2OS. The number of Topliss-reactive ketones (excluding diaryl/α,β-unsaturated/α-hetero) is 1. The average Bonchev–Trinajstić information content (AvgIpc) is 2.30. The molecule has 0 saturated carbocycles. The Bertz CT molecular complexity index is 544. The zero-order chi connectivity index (χ0) is 14.0. The summed E-state index contributed by atoms with van der Waals surface area (Å²) < 4.78 is 14.1.